The number of benzene rings is 1. The molecule has 0 unspecified atom stereocenters. The largest absolute Gasteiger partial charge is 0.394 e. The van der Waals surface area contributed by atoms with Crippen LogP contribution in [0.5, 0.6) is 0 Å². The summed E-state index contributed by atoms with van der Waals surface area (Å²) in [4.78, 5) is 15.6. The Morgan fingerprint density at radius 2 is 2.00 bits per heavy atom. The summed E-state index contributed by atoms with van der Waals surface area (Å²) in [5, 5.41) is 13.7. The molecule has 1 aliphatic rings. The highest BCUT2D eigenvalue weighted by molar-refractivity contribution is 6.06. The van der Waals surface area contributed by atoms with Gasteiger partial charge in [-0.25, -0.2) is 0 Å². The van der Waals surface area contributed by atoms with Gasteiger partial charge in [0.2, 0.25) is 0 Å². The number of hydrogen-bond acceptors (Lipinski definition) is 2. The molecule has 1 aromatic heterocycles. The van der Waals surface area contributed by atoms with E-state index in [1.54, 1.807) is 6.20 Å². The number of aromatic nitrogens is 1. The van der Waals surface area contributed by atoms with Crippen LogP contribution in [0, 0.1) is 0 Å². The van der Waals surface area contributed by atoms with E-state index in [0.717, 1.165) is 36.6 Å². The van der Waals surface area contributed by atoms with Crippen molar-refractivity contribution < 1.29 is 9.90 Å². The number of H-pyrrole nitrogens is 1. The lowest BCUT2D eigenvalue weighted by molar-refractivity contribution is 0.0760. The predicted molar refractivity (Wildman–Crippen MR) is 78.7 cm³/mol. The molecule has 3 rings (SSSR count). The van der Waals surface area contributed by atoms with Crippen molar-refractivity contribution in [3.05, 3.63) is 36.0 Å². The molecule has 1 aromatic carbocycles. The summed E-state index contributed by atoms with van der Waals surface area (Å²) < 4.78 is 0. The zero-order chi connectivity index (χ0) is 14.0. The van der Waals surface area contributed by atoms with Crippen LogP contribution < -0.4 is 5.32 Å². The predicted octanol–water partition coefficient (Wildman–Crippen LogP) is 2.59. The SMILES string of the molecule is O=C(NC1(CO)CCCCC1)c1c[nH]c2ccccc12. The Hall–Kier alpha value is -1.81. The van der Waals surface area contributed by atoms with E-state index in [4.69, 9.17) is 0 Å². The molecular weight excluding hydrogens is 252 g/mol. The van der Waals surface area contributed by atoms with Gasteiger partial charge in [-0.3, -0.25) is 4.79 Å². The average Bonchev–Trinajstić information content (AvgIpc) is 2.92. The highest BCUT2D eigenvalue weighted by Gasteiger charge is 2.33. The summed E-state index contributed by atoms with van der Waals surface area (Å²) >= 11 is 0. The van der Waals surface area contributed by atoms with Gasteiger partial charge in [-0.15, -0.1) is 0 Å². The second kappa shape index (κ2) is 5.29. The Morgan fingerprint density at radius 3 is 2.75 bits per heavy atom. The molecule has 0 aliphatic heterocycles. The van der Waals surface area contributed by atoms with Gasteiger partial charge < -0.3 is 15.4 Å². The fraction of sp³-hybridized carbons (Fsp3) is 0.438. The fourth-order valence-corrected chi connectivity index (χ4v) is 3.12. The molecule has 0 bridgehead atoms. The van der Waals surface area contributed by atoms with Crippen molar-refractivity contribution in [3.63, 3.8) is 0 Å². The number of carbonyl (C=O) groups is 1. The van der Waals surface area contributed by atoms with E-state index in [1.807, 2.05) is 24.3 Å². The van der Waals surface area contributed by atoms with Crippen LogP contribution in [-0.4, -0.2) is 28.1 Å². The lowest BCUT2D eigenvalue weighted by Gasteiger charge is -2.36. The third-order valence-electron chi connectivity index (χ3n) is 4.33. The molecule has 0 atom stereocenters. The summed E-state index contributed by atoms with van der Waals surface area (Å²) in [6.45, 7) is 0.0150. The number of carbonyl (C=O) groups excluding carboxylic acids is 1. The molecule has 3 N–H and O–H groups in total. The van der Waals surface area contributed by atoms with E-state index in [-0.39, 0.29) is 12.5 Å². The van der Waals surface area contributed by atoms with E-state index < -0.39 is 5.54 Å². The van der Waals surface area contributed by atoms with Crippen LogP contribution >= 0.6 is 0 Å². The second-order valence-electron chi connectivity index (χ2n) is 5.70. The minimum absolute atomic E-state index is 0.0150. The summed E-state index contributed by atoms with van der Waals surface area (Å²) in [6, 6.07) is 7.76. The van der Waals surface area contributed by atoms with Gasteiger partial charge >= 0.3 is 0 Å². The number of para-hydroxylation sites is 1. The Morgan fingerprint density at radius 1 is 1.25 bits per heavy atom. The molecule has 20 heavy (non-hydrogen) atoms. The van der Waals surface area contributed by atoms with Gasteiger partial charge in [-0.2, -0.15) is 0 Å². The monoisotopic (exact) mass is 272 g/mol. The lowest BCUT2D eigenvalue weighted by Crippen LogP contribution is -2.52. The van der Waals surface area contributed by atoms with Crippen LogP contribution in [0.15, 0.2) is 30.5 Å². The number of aliphatic hydroxyl groups excluding tert-OH is 1. The van der Waals surface area contributed by atoms with Gasteiger partial charge in [-0.1, -0.05) is 37.5 Å². The third kappa shape index (κ3) is 2.31. The number of aromatic amines is 1. The molecule has 0 radical (unpaired) electrons. The highest BCUT2D eigenvalue weighted by atomic mass is 16.3. The number of rotatable bonds is 3. The molecule has 1 fully saturated rings. The van der Waals surface area contributed by atoms with Gasteiger partial charge in [0.05, 0.1) is 17.7 Å². The van der Waals surface area contributed by atoms with Crippen molar-refractivity contribution in [1.29, 1.82) is 0 Å². The van der Waals surface area contributed by atoms with Crippen LogP contribution in [0.25, 0.3) is 10.9 Å². The summed E-state index contributed by atoms with van der Waals surface area (Å²) in [5.41, 5.74) is 1.17. The molecule has 4 nitrogen and oxygen atoms in total. The van der Waals surface area contributed by atoms with Crippen molar-refractivity contribution >= 4 is 16.8 Å². The second-order valence-corrected chi connectivity index (χ2v) is 5.70. The van der Waals surface area contributed by atoms with Crippen molar-refractivity contribution in [1.82, 2.24) is 10.3 Å². The standard InChI is InChI=1S/C16H20N2O2/c19-11-16(8-4-1-5-9-16)18-15(20)13-10-17-14-7-3-2-6-12(13)14/h2-3,6-7,10,17,19H,1,4-5,8-9,11H2,(H,18,20). The highest BCUT2D eigenvalue weighted by Crippen LogP contribution is 2.28. The molecule has 1 heterocycles. The topological polar surface area (TPSA) is 65.1 Å². The Bertz CT molecular complexity index is 612. The minimum Gasteiger partial charge on any atom is -0.394 e. The number of nitrogens with one attached hydrogen (secondary N) is 2. The molecule has 106 valence electrons. The molecular formula is C16H20N2O2. The van der Waals surface area contributed by atoms with Crippen molar-refractivity contribution in [2.24, 2.45) is 0 Å². The summed E-state index contributed by atoms with van der Waals surface area (Å²) in [7, 11) is 0. The summed E-state index contributed by atoms with van der Waals surface area (Å²) in [5.74, 6) is -0.0987. The van der Waals surface area contributed by atoms with Crippen LogP contribution in [0.2, 0.25) is 0 Å². The molecule has 1 saturated carbocycles. The Kier molecular flexibility index (Phi) is 3.49. The van der Waals surface area contributed by atoms with Crippen LogP contribution in [0.3, 0.4) is 0 Å². The zero-order valence-corrected chi connectivity index (χ0v) is 11.5. The molecule has 2 aromatic rings. The van der Waals surface area contributed by atoms with Crippen molar-refractivity contribution in [2.45, 2.75) is 37.6 Å². The molecule has 0 spiro atoms. The zero-order valence-electron chi connectivity index (χ0n) is 11.5. The maximum absolute atomic E-state index is 12.5. The van der Waals surface area contributed by atoms with Gasteiger partial charge in [-0.05, 0) is 18.9 Å². The number of hydrogen-bond donors (Lipinski definition) is 3. The summed E-state index contributed by atoms with van der Waals surface area (Å²) in [6.07, 6.45) is 6.78. The first-order chi connectivity index (χ1) is 9.74. The van der Waals surface area contributed by atoms with Gasteiger partial charge in [0, 0.05) is 17.1 Å². The molecule has 1 amide bonds. The molecule has 4 heteroatoms. The minimum atomic E-state index is -0.437. The third-order valence-corrected chi connectivity index (χ3v) is 4.33. The quantitative estimate of drug-likeness (QED) is 0.804. The van der Waals surface area contributed by atoms with E-state index in [9.17, 15) is 9.90 Å². The first-order valence-corrected chi connectivity index (χ1v) is 7.24. The van der Waals surface area contributed by atoms with E-state index >= 15 is 0 Å². The molecule has 0 saturated heterocycles. The van der Waals surface area contributed by atoms with Crippen molar-refractivity contribution in [2.75, 3.05) is 6.61 Å². The van der Waals surface area contributed by atoms with Gasteiger partial charge in [0.1, 0.15) is 0 Å². The lowest BCUT2D eigenvalue weighted by atomic mass is 9.82. The first-order valence-electron chi connectivity index (χ1n) is 7.24. The van der Waals surface area contributed by atoms with E-state index in [2.05, 4.69) is 10.3 Å². The Balaban J connectivity index is 1.85. The van der Waals surface area contributed by atoms with E-state index in [1.165, 1.54) is 6.42 Å². The van der Waals surface area contributed by atoms with Crippen LogP contribution in [0.1, 0.15) is 42.5 Å². The van der Waals surface area contributed by atoms with Crippen molar-refractivity contribution in [3.8, 4) is 0 Å². The normalized spacial score (nSPS) is 18.1. The van der Waals surface area contributed by atoms with Gasteiger partial charge in [0.15, 0.2) is 0 Å². The maximum atomic E-state index is 12.5. The maximum Gasteiger partial charge on any atom is 0.253 e. The molecule has 1 aliphatic carbocycles. The average molecular weight is 272 g/mol. The number of aliphatic hydroxyl groups is 1. The number of fused-ring (bicyclic) bond motifs is 1. The Labute approximate surface area is 118 Å². The fourth-order valence-electron chi connectivity index (χ4n) is 3.12. The number of amides is 1. The van der Waals surface area contributed by atoms with Crippen LogP contribution in [0.4, 0.5) is 0 Å². The van der Waals surface area contributed by atoms with Gasteiger partial charge in [0.25, 0.3) is 5.91 Å². The van der Waals surface area contributed by atoms with Crippen LogP contribution in [-0.2, 0) is 0 Å². The first kappa shape index (κ1) is 13.2. The smallest absolute Gasteiger partial charge is 0.253 e. The van der Waals surface area contributed by atoms with E-state index in [0.29, 0.717) is 5.56 Å².